The number of amides is 2. The summed E-state index contributed by atoms with van der Waals surface area (Å²) in [6.07, 6.45) is 3.58. The lowest BCUT2D eigenvalue weighted by Crippen LogP contribution is -2.38. The summed E-state index contributed by atoms with van der Waals surface area (Å²) in [5.74, 6) is -0.0316. The number of aromatic nitrogens is 1. The van der Waals surface area contributed by atoms with Crippen LogP contribution < -0.4 is 5.32 Å². The van der Waals surface area contributed by atoms with E-state index in [0.29, 0.717) is 31.6 Å². The molecule has 0 radical (unpaired) electrons. The summed E-state index contributed by atoms with van der Waals surface area (Å²) in [5, 5.41) is 3.70. The standard InChI is InChI=1S/C23H26BrN3O4/c1-23(2,3)31-22(29)27(15-16-6-4-9-25-14-16)11-5-10-26-21(28)20-13-17-12-18(24)7-8-19(17)30-20/h4,6-9,12-14H,5,10-11,15H2,1-3H3,(H,26,28). The van der Waals surface area contributed by atoms with Gasteiger partial charge in [-0.25, -0.2) is 4.79 Å². The van der Waals surface area contributed by atoms with Crippen molar-refractivity contribution in [3.05, 3.63) is 64.6 Å². The van der Waals surface area contributed by atoms with Crippen molar-refractivity contribution in [2.24, 2.45) is 0 Å². The maximum atomic E-state index is 12.6. The van der Waals surface area contributed by atoms with Crippen molar-refractivity contribution < 1.29 is 18.7 Å². The van der Waals surface area contributed by atoms with Crippen LogP contribution in [0.2, 0.25) is 0 Å². The topological polar surface area (TPSA) is 84.7 Å². The molecule has 0 bridgehead atoms. The molecule has 1 aromatic carbocycles. The van der Waals surface area contributed by atoms with Gasteiger partial charge in [0.25, 0.3) is 5.91 Å². The molecule has 2 aromatic heterocycles. The molecule has 0 atom stereocenters. The summed E-state index contributed by atoms with van der Waals surface area (Å²) in [4.78, 5) is 30.8. The summed E-state index contributed by atoms with van der Waals surface area (Å²) in [5.41, 5.74) is 0.973. The van der Waals surface area contributed by atoms with E-state index in [4.69, 9.17) is 9.15 Å². The number of benzene rings is 1. The number of hydrogen-bond donors (Lipinski definition) is 1. The highest BCUT2D eigenvalue weighted by molar-refractivity contribution is 9.10. The van der Waals surface area contributed by atoms with E-state index in [-0.39, 0.29) is 11.7 Å². The van der Waals surface area contributed by atoms with Gasteiger partial charge in [-0.2, -0.15) is 0 Å². The molecule has 0 spiro atoms. The third-order valence-electron chi connectivity index (χ3n) is 4.34. The second-order valence-electron chi connectivity index (χ2n) is 8.17. The molecule has 31 heavy (non-hydrogen) atoms. The summed E-state index contributed by atoms with van der Waals surface area (Å²) >= 11 is 3.41. The lowest BCUT2D eigenvalue weighted by molar-refractivity contribution is 0.0232. The van der Waals surface area contributed by atoms with Gasteiger partial charge in [-0.1, -0.05) is 22.0 Å². The van der Waals surface area contributed by atoms with Gasteiger partial charge in [-0.3, -0.25) is 9.78 Å². The molecule has 8 heteroatoms. The van der Waals surface area contributed by atoms with Crippen molar-refractivity contribution in [2.45, 2.75) is 39.3 Å². The second-order valence-corrected chi connectivity index (χ2v) is 9.08. The van der Waals surface area contributed by atoms with Gasteiger partial charge >= 0.3 is 6.09 Å². The molecule has 0 saturated heterocycles. The SMILES string of the molecule is CC(C)(C)OC(=O)N(CCCNC(=O)c1cc2cc(Br)ccc2o1)Cc1cccnc1. The average Bonchev–Trinajstić information content (AvgIpc) is 3.13. The predicted octanol–water partition coefficient (Wildman–Crippen LogP) is 5.15. The maximum absolute atomic E-state index is 12.6. The number of rotatable bonds is 7. The Bertz CT molecular complexity index is 1040. The first kappa shape index (κ1) is 22.8. The van der Waals surface area contributed by atoms with Gasteiger partial charge in [0.2, 0.25) is 0 Å². The first-order valence-corrected chi connectivity index (χ1v) is 10.8. The number of ether oxygens (including phenoxy) is 1. The number of carbonyl (C=O) groups excluding carboxylic acids is 2. The normalized spacial score (nSPS) is 11.4. The maximum Gasteiger partial charge on any atom is 0.410 e. The van der Waals surface area contributed by atoms with Gasteiger partial charge in [0.1, 0.15) is 11.2 Å². The quantitative estimate of drug-likeness (QED) is 0.465. The summed E-state index contributed by atoms with van der Waals surface area (Å²) in [6, 6.07) is 11.0. The van der Waals surface area contributed by atoms with Crippen molar-refractivity contribution in [3.63, 3.8) is 0 Å². The zero-order valence-corrected chi connectivity index (χ0v) is 19.4. The number of halogens is 1. The van der Waals surface area contributed by atoms with E-state index in [9.17, 15) is 9.59 Å². The molecule has 0 aliphatic heterocycles. The average molecular weight is 488 g/mol. The first-order chi connectivity index (χ1) is 14.7. The Morgan fingerprint density at radius 2 is 2.03 bits per heavy atom. The fourth-order valence-electron chi connectivity index (χ4n) is 2.96. The van der Waals surface area contributed by atoms with Gasteiger partial charge in [-0.05, 0) is 63.1 Å². The van der Waals surface area contributed by atoms with E-state index in [2.05, 4.69) is 26.2 Å². The molecule has 0 unspecified atom stereocenters. The number of nitrogens with one attached hydrogen (secondary N) is 1. The monoisotopic (exact) mass is 487 g/mol. The molecule has 3 rings (SSSR count). The Hall–Kier alpha value is -2.87. The highest BCUT2D eigenvalue weighted by Crippen LogP contribution is 2.23. The van der Waals surface area contributed by atoms with E-state index < -0.39 is 11.7 Å². The van der Waals surface area contributed by atoms with Crippen LogP contribution >= 0.6 is 15.9 Å². The predicted molar refractivity (Wildman–Crippen MR) is 122 cm³/mol. The number of hydrogen-bond acceptors (Lipinski definition) is 5. The molecule has 3 aromatic rings. The highest BCUT2D eigenvalue weighted by atomic mass is 79.9. The van der Waals surface area contributed by atoms with Crippen molar-refractivity contribution >= 4 is 38.9 Å². The molecule has 2 amide bonds. The summed E-state index contributed by atoms with van der Waals surface area (Å²) in [6.45, 7) is 6.70. The van der Waals surface area contributed by atoms with Gasteiger partial charge in [0, 0.05) is 35.3 Å². The Balaban J connectivity index is 1.56. The van der Waals surface area contributed by atoms with Crippen LogP contribution in [0.25, 0.3) is 11.0 Å². The molecule has 2 heterocycles. The van der Waals surface area contributed by atoms with E-state index in [0.717, 1.165) is 15.4 Å². The van der Waals surface area contributed by atoms with Crippen LogP contribution in [0.5, 0.6) is 0 Å². The fraction of sp³-hybridized carbons (Fsp3) is 0.348. The van der Waals surface area contributed by atoms with Crippen LogP contribution in [0.1, 0.15) is 43.3 Å². The van der Waals surface area contributed by atoms with Crippen LogP contribution in [-0.2, 0) is 11.3 Å². The second kappa shape index (κ2) is 9.96. The molecule has 1 N–H and O–H groups in total. The molecule has 0 aliphatic rings. The Labute approximate surface area is 189 Å². The number of pyridine rings is 1. The largest absolute Gasteiger partial charge is 0.451 e. The lowest BCUT2D eigenvalue weighted by Gasteiger charge is -2.27. The van der Waals surface area contributed by atoms with E-state index in [1.54, 1.807) is 23.4 Å². The molecular weight excluding hydrogens is 462 g/mol. The number of furan rings is 1. The third-order valence-corrected chi connectivity index (χ3v) is 4.83. The lowest BCUT2D eigenvalue weighted by atomic mass is 10.2. The van der Waals surface area contributed by atoms with Gasteiger partial charge in [0.15, 0.2) is 5.76 Å². The fourth-order valence-corrected chi connectivity index (χ4v) is 3.34. The van der Waals surface area contributed by atoms with Gasteiger partial charge < -0.3 is 19.4 Å². The van der Waals surface area contributed by atoms with Crippen LogP contribution in [-0.4, -0.2) is 40.6 Å². The highest BCUT2D eigenvalue weighted by Gasteiger charge is 2.22. The number of carbonyl (C=O) groups is 2. The van der Waals surface area contributed by atoms with Crippen LogP contribution in [0, 0.1) is 0 Å². The minimum Gasteiger partial charge on any atom is -0.451 e. The van der Waals surface area contributed by atoms with Crippen molar-refractivity contribution in [2.75, 3.05) is 13.1 Å². The zero-order valence-electron chi connectivity index (χ0n) is 17.9. The summed E-state index contributed by atoms with van der Waals surface area (Å²) < 4.78 is 12.1. The van der Waals surface area contributed by atoms with Crippen molar-refractivity contribution in [3.8, 4) is 0 Å². The van der Waals surface area contributed by atoms with Crippen molar-refractivity contribution in [1.29, 1.82) is 0 Å². The Morgan fingerprint density at radius 1 is 1.23 bits per heavy atom. The number of fused-ring (bicyclic) bond motifs is 1. The smallest absolute Gasteiger partial charge is 0.410 e. The Kier molecular flexibility index (Phi) is 7.33. The van der Waals surface area contributed by atoms with Gasteiger partial charge in [-0.15, -0.1) is 0 Å². The van der Waals surface area contributed by atoms with Crippen LogP contribution in [0.15, 0.2) is 57.7 Å². The molecule has 0 saturated carbocycles. The first-order valence-electron chi connectivity index (χ1n) is 10.1. The molecule has 0 aliphatic carbocycles. The zero-order chi connectivity index (χ0) is 22.4. The van der Waals surface area contributed by atoms with Crippen LogP contribution in [0.3, 0.4) is 0 Å². The molecular formula is C23H26BrN3O4. The summed E-state index contributed by atoms with van der Waals surface area (Å²) in [7, 11) is 0. The Morgan fingerprint density at radius 3 is 2.74 bits per heavy atom. The van der Waals surface area contributed by atoms with E-state index >= 15 is 0 Å². The third kappa shape index (κ3) is 6.82. The van der Waals surface area contributed by atoms with E-state index in [1.807, 2.05) is 51.1 Å². The number of nitrogens with zero attached hydrogens (tertiary/aromatic N) is 2. The minimum atomic E-state index is -0.589. The van der Waals surface area contributed by atoms with Crippen LogP contribution in [0.4, 0.5) is 4.79 Å². The molecule has 164 valence electrons. The van der Waals surface area contributed by atoms with Crippen molar-refractivity contribution in [1.82, 2.24) is 15.2 Å². The molecule has 7 nitrogen and oxygen atoms in total. The van der Waals surface area contributed by atoms with Gasteiger partial charge in [0.05, 0.1) is 6.54 Å². The minimum absolute atomic E-state index is 0.257. The van der Waals surface area contributed by atoms with E-state index in [1.165, 1.54) is 0 Å². The molecule has 0 fully saturated rings.